The van der Waals surface area contributed by atoms with Crippen LogP contribution in [-0.2, 0) is 0 Å². The van der Waals surface area contributed by atoms with E-state index in [1.54, 1.807) is 30.4 Å². The number of hydrogen-bond donors (Lipinski definition) is 1. The predicted octanol–water partition coefficient (Wildman–Crippen LogP) is 3.67. The Labute approximate surface area is 120 Å². The molecule has 18 heavy (non-hydrogen) atoms. The summed E-state index contributed by atoms with van der Waals surface area (Å²) < 4.78 is 1.07. The summed E-state index contributed by atoms with van der Waals surface area (Å²) in [6.45, 7) is 2.14. The summed E-state index contributed by atoms with van der Waals surface area (Å²) in [5.74, 6) is 0. The van der Waals surface area contributed by atoms with Crippen molar-refractivity contribution in [2.24, 2.45) is 0 Å². The molecule has 0 fully saturated rings. The van der Waals surface area contributed by atoms with Crippen molar-refractivity contribution in [3.8, 4) is 0 Å². The summed E-state index contributed by atoms with van der Waals surface area (Å²) in [6.07, 6.45) is 5.17. The largest absolute Gasteiger partial charge is 0.313 e. The molecule has 5 heteroatoms. The van der Waals surface area contributed by atoms with Gasteiger partial charge in [0.1, 0.15) is 5.03 Å². The van der Waals surface area contributed by atoms with Crippen molar-refractivity contribution in [3.05, 3.63) is 46.8 Å². The molecule has 0 saturated heterocycles. The molecule has 0 aliphatic heterocycles. The minimum Gasteiger partial charge on any atom is -0.313 e. The number of halogens is 1. The molecule has 1 unspecified atom stereocenters. The van der Waals surface area contributed by atoms with Crippen molar-refractivity contribution in [3.63, 3.8) is 0 Å². The Balaban J connectivity index is 2.33. The minimum atomic E-state index is 0.303. The number of nitrogens with one attached hydrogen (secondary N) is 1. The van der Waals surface area contributed by atoms with Crippen molar-refractivity contribution < 1.29 is 0 Å². The first-order chi connectivity index (χ1) is 8.70. The summed E-state index contributed by atoms with van der Waals surface area (Å²) in [4.78, 5) is 9.57. The molecular formula is C13H14BrN3S. The lowest BCUT2D eigenvalue weighted by Crippen LogP contribution is -2.13. The van der Waals surface area contributed by atoms with Crippen LogP contribution < -0.4 is 5.32 Å². The van der Waals surface area contributed by atoms with Gasteiger partial charge in [0, 0.05) is 27.8 Å². The highest BCUT2D eigenvalue weighted by molar-refractivity contribution is 9.10. The van der Waals surface area contributed by atoms with Crippen LogP contribution >= 0.6 is 27.7 Å². The molecule has 3 nitrogen and oxygen atoms in total. The topological polar surface area (TPSA) is 37.8 Å². The molecule has 1 heterocycles. The Hall–Kier alpha value is -0.910. The summed E-state index contributed by atoms with van der Waals surface area (Å²) in [5.41, 5.74) is 1.26. The molecule has 94 valence electrons. The molecule has 0 aliphatic carbocycles. The normalized spacial score (nSPS) is 12.4. The average molecular weight is 324 g/mol. The molecule has 0 radical (unpaired) electrons. The molecule has 0 spiro atoms. The Kier molecular flexibility index (Phi) is 4.74. The smallest absolute Gasteiger partial charge is 0.119 e. The SMILES string of the molecule is CNC(C)c1ccc(Br)cc1Sc1cnccn1. The van der Waals surface area contributed by atoms with Gasteiger partial charge < -0.3 is 5.32 Å². The van der Waals surface area contributed by atoms with Gasteiger partial charge in [0.05, 0.1) is 6.20 Å². The zero-order chi connectivity index (χ0) is 13.0. The average Bonchev–Trinajstić information content (AvgIpc) is 2.39. The van der Waals surface area contributed by atoms with E-state index in [0.717, 1.165) is 9.50 Å². The Morgan fingerprint density at radius 2 is 2.17 bits per heavy atom. The van der Waals surface area contributed by atoms with Gasteiger partial charge in [-0.1, -0.05) is 33.8 Å². The predicted molar refractivity (Wildman–Crippen MR) is 77.8 cm³/mol. The number of nitrogens with zero attached hydrogens (tertiary/aromatic N) is 2. The molecule has 0 aliphatic rings. The fraction of sp³-hybridized carbons (Fsp3) is 0.231. The lowest BCUT2D eigenvalue weighted by molar-refractivity contribution is 0.641. The molecule has 0 saturated carbocycles. The third kappa shape index (κ3) is 3.31. The molecular weight excluding hydrogens is 310 g/mol. The molecule has 0 amide bonds. The first-order valence-electron chi connectivity index (χ1n) is 5.61. The second-order valence-corrected chi connectivity index (χ2v) is 5.82. The van der Waals surface area contributed by atoms with E-state index in [-0.39, 0.29) is 0 Å². The van der Waals surface area contributed by atoms with E-state index >= 15 is 0 Å². The first kappa shape index (κ1) is 13.5. The first-order valence-corrected chi connectivity index (χ1v) is 7.22. The van der Waals surface area contributed by atoms with Gasteiger partial charge in [-0.3, -0.25) is 4.98 Å². The van der Waals surface area contributed by atoms with Crippen LogP contribution in [0, 0.1) is 0 Å². The lowest BCUT2D eigenvalue weighted by atomic mass is 10.1. The third-order valence-corrected chi connectivity index (χ3v) is 4.12. The van der Waals surface area contributed by atoms with E-state index in [1.165, 1.54) is 10.5 Å². The fourth-order valence-corrected chi connectivity index (χ4v) is 3.07. The van der Waals surface area contributed by atoms with Gasteiger partial charge in [0.2, 0.25) is 0 Å². The number of rotatable bonds is 4. The van der Waals surface area contributed by atoms with Crippen molar-refractivity contribution >= 4 is 27.7 Å². The highest BCUT2D eigenvalue weighted by atomic mass is 79.9. The fourth-order valence-electron chi connectivity index (χ4n) is 1.56. The maximum absolute atomic E-state index is 4.29. The van der Waals surface area contributed by atoms with Crippen LogP contribution in [0.4, 0.5) is 0 Å². The molecule has 1 aromatic heterocycles. The minimum absolute atomic E-state index is 0.303. The molecule has 0 bridgehead atoms. The van der Waals surface area contributed by atoms with Gasteiger partial charge >= 0.3 is 0 Å². The van der Waals surface area contributed by atoms with Crippen molar-refractivity contribution in [2.75, 3.05) is 7.05 Å². The highest BCUT2D eigenvalue weighted by Gasteiger charge is 2.11. The highest BCUT2D eigenvalue weighted by Crippen LogP contribution is 2.33. The van der Waals surface area contributed by atoms with Crippen LogP contribution in [0.1, 0.15) is 18.5 Å². The van der Waals surface area contributed by atoms with Crippen LogP contribution in [0.3, 0.4) is 0 Å². The molecule has 1 N–H and O–H groups in total. The van der Waals surface area contributed by atoms with E-state index in [4.69, 9.17) is 0 Å². The van der Waals surface area contributed by atoms with Crippen LogP contribution in [0.2, 0.25) is 0 Å². The van der Waals surface area contributed by atoms with Gasteiger partial charge in [-0.2, -0.15) is 0 Å². The second-order valence-electron chi connectivity index (χ2n) is 3.84. The summed E-state index contributed by atoms with van der Waals surface area (Å²) in [5, 5.41) is 4.17. The molecule has 1 aromatic carbocycles. The number of benzene rings is 1. The maximum atomic E-state index is 4.29. The van der Waals surface area contributed by atoms with Gasteiger partial charge in [0.25, 0.3) is 0 Å². The Morgan fingerprint density at radius 1 is 1.33 bits per heavy atom. The maximum Gasteiger partial charge on any atom is 0.119 e. The number of hydrogen-bond acceptors (Lipinski definition) is 4. The van der Waals surface area contributed by atoms with E-state index in [2.05, 4.69) is 56.3 Å². The van der Waals surface area contributed by atoms with Crippen LogP contribution in [-0.4, -0.2) is 17.0 Å². The van der Waals surface area contributed by atoms with E-state index < -0.39 is 0 Å². The Bertz CT molecular complexity index is 519. The number of aromatic nitrogens is 2. The monoisotopic (exact) mass is 323 g/mol. The quantitative estimate of drug-likeness (QED) is 0.931. The van der Waals surface area contributed by atoms with Gasteiger partial charge in [0.15, 0.2) is 0 Å². The van der Waals surface area contributed by atoms with Gasteiger partial charge in [-0.25, -0.2) is 4.98 Å². The standard InChI is InChI=1S/C13H14BrN3S/c1-9(15-2)11-4-3-10(14)7-12(11)18-13-8-16-5-6-17-13/h3-9,15H,1-2H3. The van der Waals surface area contributed by atoms with Crippen LogP contribution in [0.15, 0.2) is 51.2 Å². The van der Waals surface area contributed by atoms with E-state index in [1.807, 2.05) is 7.05 Å². The molecule has 2 rings (SSSR count). The van der Waals surface area contributed by atoms with Crippen molar-refractivity contribution in [1.82, 2.24) is 15.3 Å². The summed E-state index contributed by atoms with van der Waals surface area (Å²) in [7, 11) is 1.96. The second kappa shape index (κ2) is 6.31. The molecule has 2 aromatic rings. The lowest BCUT2D eigenvalue weighted by Gasteiger charge is -2.15. The molecule has 1 atom stereocenters. The third-order valence-electron chi connectivity index (χ3n) is 2.63. The van der Waals surface area contributed by atoms with E-state index in [0.29, 0.717) is 6.04 Å². The summed E-state index contributed by atoms with van der Waals surface area (Å²) in [6, 6.07) is 6.60. The van der Waals surface area contributed by atoms with Gasteiger partial charge in [-0.05, 0) is 31.7 Å². The Morgan fingerprint density at radius 3 is 2.83 bits per heavy atom. The zero-order valence-electron chi connectivity index (χ0n) is 10.2. The van der Waals surface area contributed by atoms with Crippen molar-refractivity contribution in [2.45, 2.75) is 22.9 Å². The van der Waals surface area contributed by atoms with Crippen LogP contribution in [0.25, 0.3) is 0 Å². The van der Waals surface area contributed by atoms with Crippen LogP contribution in [0.5, 0.6) is 0 Å². The van der Waals surface area contributed by atoms with Crippen molar-refractivity contribution in [1.29, 1.82) is 0 Å². The summed E-state index contributed by atoms with van der Waals surface area (Å²) >= 11 is 5.14. The van der Waals surface area contributed by atoms with E-state index in [9.17, 15) is 0 Å². The zero-order valence-corrected chi connectivity index (χ0v) is 12.6. The van der Waals surface area contributed by atoms with Gasteiger partial charge in [-0.15, -0.1) is 0 Å².